The summed E-state index contributed by atoms with van der Waals surface area (Å²) in [5, 5.41) is 12.5. The summed E-state index contributed by atoms with van der Waals surface area (Å²) >= 11 is 3.41. The molecule has 0 bridgehead atoms. The topological polar surface area (TPSA) is 45.0 Å². The summed E-state index contributed by atoms with van der Waals surface area (Å²) < 4.78 is 6.21. The van der Waals surface area contributed by atoms with Crippen LogP contribution >= 0.6 is 15.9 Å². The Labute approximate surface area is 104 Å². The maximum Gasteiger partial charge on any atom is 0.130 e. The van der Waals surface area contributed by atoms with Crippen LogP contribution in [-0.4, -0.2) is 18.8 Å². The number of nitriles is 1. The Hall–Kier alpha value is -1.05. The van der Waals surface area contributed by atoms with Crippen LogP contribution in [0.2, 0.25) is 0 Å². The van der Waals surface area contributed by atoms with Gasteiger partial charge in [-0.25, -0.2) is 0 Å². The lowest BCUT2D eigenvalue weighted by molar-refractivity contribution is 0.0129. The smallest absolute Gasteiger partial charge is 0.130 e. The Bertz CT molecular complexity index is 421. The Kier molecular flexibility index (Phi) is 3.17. The number of methoxy groups -OCH3 is 1. The molecule has 2 rings (SSSR count). The van der Waals surface area contributed by atoms with Crippen molar-refractivity contribution >= 4 is 21.6 Å². The van der Waals surface area contributed by atoms with Gasteiger partial charge in [0.05, 0.1) is 12.2 Å². The first-order valence-electron chi connectivity index (χ1n) is 5.15. The zero-order valence-electron chi connectivity index (χ0n) is 9.03. The highest BCUT2D eigenvalue weighted by Crippen LogP contribution is 2.37. The van der Waals surface area contributed by atoms with E-state index in [2.05, 4.69) is 27.3 Å². The molecule has 3 nitrogen and oxygen atoms in total. The first kappa shape index (κ1) is 11.4. The van der Waals surface area contributed by atoms with Crippen molar-refractivity contribution in [3.05, 3.63) is 28.7 Å². The molecular formula is C12H13BrN2O. The molecule has 0 radical (unpaired) electrons. The van der Waals surface area contributed by atoms with E-state index in [0.717, 1.165) is 23.0 Å². The van der Waals surface area contributed by atoms with Crippen LogP contribution in [0.5, 0.6) is 0 Å². The molecule has 1 fully saturated rings. The van der Waals surface area contributed by atoms with Crippen molar-refractivity contribution in [2.75, 3.05) is 12.4 Å². The molecule has 1 aromatic carbocycles. The van der Waals surface area contributed by atoms with Gasteiger partial charge in [0.2, 0.25) is 0 Å². The van der Waals surface area contributed by atoms with Gasteiger partial charge in [0.1, 0.15) is 5.54 Å². The molecule has 0 spiro atoms. The largest absolute Gasteiger partial charge is 0.381 e. The van der Waals surface area contributed by atoms with Crippen LogP contribution in [0.4, 0.5) is 5.69 Å². The Morgan fingerprint density at radius 3 is 2.88 bits per heavy atom. The SMILES string of the molecule is COC1CC(C#N)(Nc2cccc(Br)c2)C1. The lowest BCUT2D eigenvalue weighted by atomic mass is 9.75. The highest BCUT2D eigenvalue weighted by Gasteiger charge is 2.45. The lowest BCUT2D eigenvalue weighted by Gasteiger charge is -2.42. The third-order valence-corrected chi connectivity index (χ3v) is 3.40. The Morgan fingerprint density at radius 1 is 1.56 bits per heavy atom. The molecule has 0 atom stereocenters. The van der Waals surface area contributed by atoms with E-state index in [4.69, 9.17) is 4.74 Å². The minimum atomic E-state index is -0.457. The Balaban J connectivity index is 2.07. The number of benzene rings is 1. The summed E-state index contributed by atoms with van der Waals surface area (Å²) in [4.78, 5) is 0. The molecule has 0 unspecified atom stereocenters. The average Bonchev–Trinajstić information content (AvgIpc) is 2.23. The molecule has 16 heavy (non-hydrogen) atoms. The van der Waals surface area contributed by atoms with Gasteiger partial charge < -0.3 is 10.1 Å². The minimum absolute atomic E-state index is 0.208. The fourth-order valence-electron chi connectivity index (χ4n) is 1.95. The average molecular weight is 281 g/mol. The standard InChI is InChI=1S/C12H13BrN2O/c1-16-11-6-12(7-11,8-14)15-10-4-2-3-9(13)5-10/h2-5,11,15H,6-7H2,1H3. The molecule has 0 aliphatic heterocycles. The summed E-state index contributed by atoms with van der Waals surface area (Å²) in [7, 11) is 1.69. The van der Waals surface area contributed by atoms with Crippen LogP contribution in [0.15, 0.2) is 28.7 Å². The first-order chi connectivity index (χ1) is 7.67. The molecule has 0 heterocycles. The Morgan fingerprint density at radius 2 is 2.31 bits per heavy atom. The number of ether oxygens (including phenoxy) is 1. The molecule has 1 saturated carbocycles. The molecule has 1 N–H and O–H groups in total. The van der Waals surface area contributed by atoms with Crippen molar-refractivity contribution in [3.63, 3.8) is 0 Å². The van der Waals surface area contributed by atoms with Gasteiger partial charge in [0.25, 0.3) is 0 Å². The van der Waals surface area contributed by atoms with Gasteiger partial charge in [-0.1, -0.05) is 22.0 Å². The predicted octanol–water partition coefficient (Wildman–Crippen LogP) is 2.93. The van der Waals surface area contributed by atoms with E-state index in [-0.39, 0.29) is 6.10 Å². The summed E-state index contributed by atoms with van der Waals surface area (Å²) in [6.45, 7) is 0. The van der Waals surface area contributed by atoms with Crippen LogP contribution in [0.1, 0.15) is 12.8 Å². The molecule has 0 saturated heterocycles. The third-order valence-electron chi connectivity index (χ3n) is 2.91. The summed E-state index contributed by atoms with van der Waals surface area (Å²) in [5.41, 5.74) is 0.507. The van der Waals surface area contributed by atoms with E-state index in [1.54, 1.807) is 7.11 Å². The van der Waals surface area contributed by atoms with Crippen molar-refractivity contribution in [2.45, 2.75) is 24.5 Å². The van der Waals surface area contributed by atoms with Gasteiger partial charge in [0, 0.05) is 30.1 Å². The van der Waals surface area contributed by atoms with E-state index in [0.29, 0.717) is 0 Å². The number of anilines is 1. The molecule has 4 heteroatoms. The zero-order chi connectivity index (χ0) is 11.6. The molecule has 1 aliphatic carbocycles. The number of hydrogen-bond acceptors (Lipinski definition) is 3. The number of hydrogen-bond donors (Lipinski definition) is 1. The highest BCUT2D eigenvalue weighted by molar-refractivity contribution is 9.10. The van der Waals surface area contributed by atoms with Gasteiger partial charge in [-0.05, 0) is 18.2 Å². The summed E-state index contributed by atoms with van der Waals surface area (Å²) in [5.74, 6) is 0. The molecule has 0 aromatic heterocycles. The normalized spacial score (nSPS) is 27.9. The quantitative estimate of drug-likeness (QED) is 0.926. The highest BCUT2D eigenvalue weighted by atomic mass is 79.9. The summed E-state index contributed by atoms with van der Waals surface area (Å²) in [6.07, 6.45) is 1.69. The van der Waals surface area contributed by atoms with Crippen LogP contribution in [-0.2, 0) is 4.74 Å². The van der Waals surface area contributed by atoms with Gasteiger partial charge in [-0.2, -0.15) is 5.26 Å². The molecular weight excluding hydrogens is 268 g/mol. The van der Waals surface area contributed by atoms with Gasteiger partial charge in [-0.15, -0.1) is 0 Å². The van der Waals surface area contributed by atoms with Gasteiger partial charge in [0.15, 0.2) is 0 Å². The fourth-order valence-corrected chi connectivity index (χ4v) is 2.35. The maximum absolute atomic E-state index is 9.20. The number of halogens is 1. The second-order valence-electron chi connectivity index (χ2n) is 4.10. The van der Waals surface area contributed by atoms with Crippen LogP contribution in [0.25, 0.3) is 0 Å². The van der Waals surface area contributed by atoms with Crippen molar-refractivity contribution < 1.29 is 4.74 Å². The molecule has 1 aliphatic rings. The predicted molar refractivity (Wildman–Crippen MR) is 66.1 cm³/mol. The van der Waals surface area contributed by atoms with Crippen molar-refractivity contribution in [3.8, 4) is 6.07 Å². The fraction of sp³-hybridized carbons (Fsp3) is 0.417. The number of nitrogens with zero attached hydrogens (tertiary/aromatic N) is 1. The van der Waals surface area contributed by atoms with E-state index in [9.17, 15) is 5.26 Å². The van der Waals surface area contributed by atoms with E-state index in [1.165, 1.54) is 0 Å². The number of rotatable bonds is 3. The van der Waals surface area contributed by atoms with Gasteiger partial charge >= 0.3 is 0 Å². The van der Waals surface area contributed by atoms with E-state index < -0.39 is 5.54 Å². The van der Waals surface area contributed by atoms with Gasteiger partial charge in [-0.3, -0.25) is 0 Å². The second kappa shape index (κ2) is 4.44. The van der Waals surface area contributed by atoms with Crippen molar-refractivity contribution in [2.24, 2.45) is 0 Å². The third kappa shape index (κ3) is 2.21. The molecule has 84 valence electrons. The monoisotopic (exact) mass is 280 g/mol. The number of nitrogens with one attached hydrogen (secondary N) is 1. The zero-order valence-corrected chi connectivity index (χ0v) is 10.6. The summed E-state index contributed by atoms with van der Waals surface area (Å²) in [6, 6.07) is 10.2. The second-order valence-corrected chi connectivity index (χ2v) is 5.01. The van der Waals surface area contributed by atoms with Crippen LogP contribution in [0.3, 0.4) is 0 Å². The van der Waals surface area contributed by atoms with Crippen molar-refractivity contribution in [1.29, 1.82) is 5.26 Å². The maximum atomic E-state index is 9.20. The van der Waals surface area contributed by atoms with Crippen molar-refractivity contribution in [1.82, 2.24) is 0 Å². The van der Waals surface area contributed by atoms with E-state index in [1.807, 2.05) is 24.3 Å². The minimum Gasteiger partial charge on any atom is -0.381 e. The molecule has 0 amide bonds. The van der Waals surface area contributed by atoms with Crippen LogP contribution < -0.4 is 5.32 Å². The first-order valence-corrected chi connectivity index (χ1v) is 5.94. The van der Waals surface area contributed by atoms with E-state index >= 15 is 0 Å². The molecule has 1 aromatic rings. The lowest BCUT2D eigenvalue weighted by Crippen LogP contribution is -2.52. The van der Waals surface area contributed by atoms with Crippen LogP contribution in [0, 0.1) is 11.3 Å².